The van der Waals surface area contributed by atoms with E-state index in [2.05, 4.69) is 10.6 Å². The van der Waals surface area contributed by atoms with Crippen molar-refractivity contribution in [2.45, 2.75) is 32.8 Å². The van der Waals surface area contributed by atoms with E-state index in [-0.39, 0.29) is 12.3 Å². The monoisotopic (exact) mass is 358 g/mol. The van der Waals surface area contributed by atoms with Crippen LogP contribution in [0.3, 0.4) is 0 Å². The summed E-state index contributed by atoms with van der Waals surface area (Å²) in [5.41, 5.74) is 2.97. The number of aliphatic hydroxyl groups is 1. The smallest absolute Gasteiger partial charge is 0.123 e. The number of benzene rings is 1. The van der Waals surface area contributed by atoms with Crippen LogP contribution in [0.25, 0.3) is 0 Å². The van der Waals surface area contributed by atoms with Crippen LogP contribution in [0.15, 0.2) is 41.7 Å². The van der Waals surface area contributed by atoms with Crippen molar-refractivity contribution < 1.29 is 9.50 Å². The summed E-state index contributed by atoms with van der Waals surface area (Å²) in [6.07, 6.45) is 6.47. The van der Waals surface area contributed by atoms with Gasteiger partial charge in [-0.05, 0) is 60.6 Å². The Labute approximate surface area is 154 Å². The molecule has 5 N–H and O–H groups in total. The van der Waals surface area contributed by atoms with E-state index < -0.39 is 5.82 Å². The molecular formula is C20H27FN4O. The van der Waals surface area contributed by atoms with Crippen LogP contribution in [0.5, 0.6) is 0 Å². The molecule has 1 aliphatic rings. The largest absolute Gasteiger partial charge is 0.394 e. The fraction of sp³-hybridized carbons (Fsp3) is 0.400. The third-order valence-electron chi connectivity index (χ3n) is 4.39. The Morgan fingerprint density at radius 3 is 2.58 bits per heavy atom. The summed E-state index contributed by atoms with van der Waals surface area (Å²) in [5, 5.41) is 32.3. The van der Waals surface area contributed by atoms with Crippen LogP contribution in [0, 0.1) is 22.6 Å². The van der Waals surface area contributed by atoms with Crippen molar-refractivity contribution in [2.75, 3.05) is 13.6 Å². The lowest BCUT2D eigenvalue weighted by molar-refractivity contribution is 0.281. The molecule has 2 rings (SSSR count). The molecule has 0 amide bonds. The lowest BCUT2D eigenvalue weighted by Crippen LogP contribution is -2.15. The Balaban J connectivity index is 2.22. The van der Waals surface area contributed by atoms with E-state index in [1.54, 1.807) is 20.2 Å². The third kappa shape index (κ3) is 5.52. The maximum atomic E-state index is 13.4. The van der Waals surface area contributed by atoms with Crippen molar-refractivity contribution in [1.29, 1.82) is 10.8 Å². The number of halogens is 1. The average molecular weight is 358 g/mol. The fourth-order valence-electron chi connectivity index (χ4n) is 2.66. The van der Waals surface area contributed by atoms with E-state index >= 15 is 0 Å². The molecular weight excluding hydrogens is 331 g/mol. The lowest BCUT2D eigenvalue weighted by atomic mass is 9.93. The maximum absolute atomic E-state index is 13.4. The summed E-state index contributed by atoms with van der Waals surface area (Å²) in [6.45, 7) is 2.30. The van der Waals surface area contributed by atoms with Crippen LogP contribution in [0.1, 0.15) is 37.3 Å². The van der Waals surface area contributed by atoms with Gasteiger partial charge in [0.05, 0.1) is 12.3 Å². The van der Waals surface area contributed by atoms with Crippen LogP contribution < -0.4 is 10.6 Å². The third-order valence-corrected chi connectivity index (χ3v) is 4.39. The molecule has 0 aromatic heterocycles. The zero-order valence-electron chi connectivity index (χ0n) is 15.3. The Morgan fingerprint density at radius 1 is 1.27 bits per heavy atom. The zero-order chi connectivity index (χ0) is 19.1. The first-order chi connectivity index (χ1) is 12.5. The molecule has 0 aliphatic heterocycles. The van der Waals surface area contributed by atoms with Gasteiger partial charge in [-0.2, -0.15) is 0 Å². The van der Waals surface area contributed by atoms with Gasteiger partial charge >= 0.3 is 0 Å². The van der Waals surface area contributed by atoms with Crippen LogP contribution >= 0.6 is 0 Å². The number of nitrogens with one attached hydrogen (secondary N) is 4. The normalized spacial score (nSPS) is 14.9. The van der Waals surface area contributed by atoms with E-state index in [0.717, 1.165) is 18.0 Å². The van der Waals surface area contributed by atoms with Crippen molar-refractivity contribution in [2.24, 2.45) is 5.92 Å². The number of rotatable bonds is 10. The van der Waals surface area contributed by atoms with Gasteiger partial charge in [-0.15, -0.1) is 0 Å². The Kier molecular flexibility index (Phi) is 7.09. The Morgan fingerprint density at radius 2 is 2.00 bits per heavy atom. The van der Waals surface area contributed by atoms with Crippen molar-refractivity contribution in [3.05, 3.63) is 58.7 Å². The van der Waals surface area contributed by atoms with Gasteiger partial charge in [0.1, 0.15) is 5.82 Å². The van der Waals surface area contributed by atoms with E-state index in [9.17, 15) is 9.50 Å². The highest BCUT2D eigenvalue weighted by atomic mass is 19.1. The second-order valence-corrected chi connectivity index (χ2v) is 6.62. The summed E-state index contributed by atoms with van der Waals surface area (Å²) >= 11 is 0. The standard InChI is InChI=1S/C20H27FN4O/c1-13(22)15(11-25-9-14-3-4-14)7-16(10-24-2)20(23)19-6-5-18(21)8-17(19)12-26/h5-6,8,10-11,14,22-26H,3-4,7,9,12H2,1-2H3/b15-11-,16-10-,22-13?,23-20?. The molecule has 5 nitrogen and oxygen atoms in total. The van der Waals surface area contributed by atoms with Crippen molar-refractivity contribution in [1.82, 2.24) is 10.6 Å². The van der Waals surface area contributed by atoms with E-state index in [0.29, 0.717) is 28.8 Å². The average Bonchev–Trinajstić information content (AvgIpc) is 3.43. The highest BCUT2D eigenvalue weighted by Crippen LogP contribution is 2.27. The number of hydrogen-bond acceptors (Lipinski definition) is 5. The first kappa shape index (κ1) is 19.8. The van der Waals surface area contributed by atoms with Gasteiger partial charge in [0.2, 0.25) is 0 Å². The van der Waals surface area contributed by atoms with E-state index in [4.69, 9.17) is 10.8 Å². The highest BCUT2D eigenvalue weighted by molar-refractivity contribution is 6.12. The summed E-state index contributed by atoms with van der Waals surface area (Å²) < 4.78 is 13.4. The van der Waals surface area contributed by atoms with Gasteiger partial charge in [0.25, 0.3) is 0 Å². The summed E-state index contributed by atoms with van der Waals surface area (Å²) in [6, 6.07) is 4.05. The molecule has 0 spiro atoms. The minimum Gasteiger partial charge on any atom is -0.394 e. The highest BCUT2D eigenvalue weighted by Gasteiger charge is 2.20. The number of aliphatic hydroxyl groups excluding tert-OH is 1. The predicted octanol–water partition coefficient (Wildman–Crippen LogP) is 3.10. The van der Waals surface area contributed by atoms with E-state index in [1.165, 1.54) is 31.0 Å². The Bertz CT molecular complexity index is 735. The van der Waals surface area contributed by atoms with E-state index in [1.807, 2.05) is 6.20 Å². The van der Waals surface area contributed by atoms with Crippen LogP contribution in [0.4, 0.5) is 4.39 Å². The minimum atomic E-state index is -0.440. The summed E-state index contributed by atoms with van der Waals surface area (Å²) in [5.74, 6) is 0.292. The van der Waals surface area contributed by atoms with Crippen molar-refractivity contribution in [3.63, 3.8) is 0 Å². The van der Waals surface area contributed by atoms with Gasteiger partial charge in [0.15, 0.2) is 0 Å². The van der Waals surface area contributed by atoms with Crippen molar-refractivity contribution in [3.8, 4) is 0 Å². The molecule has 0 heterocycles. The molecule has 0 unspecified atom stereocenters. The predicted molar refractivity (Wildman–Crippen MR) is 103 cm³/mol. The Hall–Kier alpha value is -2.47. The fourth-order valence-corrected chi connectivity index (χ4v) is 2.66. The van der Waals surface area contributed by atoms with Gasteiger partial charge in [-0.1, -0.05) is 0 Å². The molecule has 1 aromatic carbocycles. The van der Waals surface area contributed by atoms with Gasteiger partial charge in [-0.25, -0.2) is 4.39 Å². The maximum Gasteiger partial charge on any atom is 0.123 e. The number of allylic oxidation sites excluding steroid dienone is 2. The molecule has 26 heavy (non-hydrogen) atoms. The zero-order valence-corrected chi connectivity index (χ0v) is 15.3. The molecule has 1 aromatic rings. The molecule has 0 saturated heterocycles. The first-order valence-electron chi connectivity index (χ1n) is 8.79. The molecule has 6 heteroatoms. The van der Waals surface area contributed by atoms with Gasteiger partial charge < -0.3 is 21.1 Å². The van der Waals surface area contributed by atoms with Crippen LogP contribution in [-0.4, -0.2) is 30.1 Å². The van der Waals surface area contributed by atoms with Gasteiger partial charge in [0, 0.05) is 43.7 Å². The van der Waals surface area contributed by atoms with Gasteiger partial charge in [-0.3, -0.25) is 5.41 Å². The first-order valence-corrected chi connectivity index (χ1v) is 8.79. The summed E-state index contributed by atoms with van der Waals surface area (Å²) in [7, 11) is 1.75. The minimum absolute atomic E-state index is 0.206. The molecule has 1 fully saturated rings. The second kappa shape index (κ2) is 9.29. The molecule has 140 valence electrons. The quantitative estimate of drug-likeness (QED) is 0.416. The molecule has 0 bridgehead atoms. The second-order valence-electron chi connectivity index (χ2n) is 6.62. The van der Waals surface area contributed by atoms with Crippen molar-refractivity contribution >= 4 is 11.4 Å². The molecule has 1 saturated carbocycles. The lowest BCUT2D eigenvalue weighted by Gasteiger charge is -2.15. The van der Waals surface area contributed by atoms with Crippen LogP contribution in [0.2, 0.25) is 0 Å². The number of hydrogen-bond donors (Lipinski definition) is 5. The SMILES string of the molecule is CN/C=C(/C/C(=C/NCC1CC1)C(C)=N)C(=N)c1ccc(F)cc1CO. The van der Waals surface area contributed by atoms with Crippen LogP contribution in [-0.2, 0) is 6.61 Å². The molecule has 0 radical (unpaired) electrons. The summed E-state index contributed by atoms with van der Waals surface area (Å²) in [4.78, 5) is 0. The topological polar surface area (TPSA) is 92.0 Å². The molecule has 0 atom stereocenters. The molecule has 1 aliphatic carbocycles.